The maximum atomic E-state index is 14.0. The predicted molar refractivity (Wildman–Crippen MR) is 124 cm³/mol. The van der Waals surface area contributed by atoms with Gasteiger partial charge in [0, 0.05) is 0 Å². The fourth-order valence-corrected chi connectivity index (χ4v) is 5.18. The van der Waals surface area contributed by atoms with Crippen LogP contribution in [0, 0.1) is 16.7 Å². The maximum Gasteiger partial charge on any atom is 0.261 e. The second kappa shape index (κ2) is 7.31. The number of aromatic nitrogens is 2. The van der Waals surface area contributed by atoms with Crippen molar-refractivity contribution < 1.29 is 4.39 Å². The quantitative estimate of drug-likeness (QED) is 0.317. The lowest BCUT2D eigenvalue weighted by Crippen LogP contribution is -2.23. The van der Waals surface area contributed by atoms with Crippen LogP contribution in [0.25, 0.3) is 27.0 Å². The van der Waals surface area contributed by atoms with E-state index in [0.717, 1.165) is 21.5 Å². The van der Waals surface area contributed by atoms with Crippen LogP contribution in [-0.4, -0.2) is 8.97 Å². The van der Waals surface area contributed by atoms with Crippen LogP contribution in [0.4, 0.5) is 4.39 Å². The van der Waals surface area contributed by atoms with E-state index in [9.17, 15) is 9.18 Å². The highest BCUT2D eigenvalue weighted by Gasteiger charge is 2.18. The third kappa shape index (κ3) is 3.09. The Morgan fingerprint density at radius 2 is 1.77 bits per heavy atom. The number of hydrogen-bond donors (Lipinski definition) is 0. The number of rotatable bonds is 3. The molecule has 0 aliphatic rings. The third-order valence-electron chi connectivity index (χ3n) is 5.21. The van der Waals surface area contributed by atoms with Crippen molar-refractivity contribution >= 4 is 40.1 Å². The van der Waals surface area contributed by atoms with Gasteiger partial charge in [-0.05, 0) is 54.5 Å². The van der Waals surface area contributed by atoms with Crippen LogP contribution in [0.1, 0.15) is 11.1 Å². The number of aryl methyl sites for hydroxylation is 1. The zero-order chi connectivity index (χ0) is 20.8. The first-order valence-corrected chi connectivity index (χ1v) is 10.7. The molecule has 0 unspecified atom stereocenters. The van der Waals surface area contributed by atoms with Crippen molar-refractivity contribution in [3.63, 3.8) is 0 Å². The molecule has 0 N–H and O–H groups in total. The molecule has 3 aromatic carbocycles. The fourth-order valence-electron chi connectivity index (χ4n) is 3.75. The molecule has 2 heterocycles. The third-order valence-corrected chi connectivity index (χ3v) is 6.62. The fraction of sp³-hybridized carbons (Fsp3) is 0.0833. The summed E-state index contributed by atoms with van der Waals surface area (Å²) in [7, 11) is 0. The van der Waals surface area contributed by atoms with Crippen LogP contribution in [0.5, 0.6) is 0 Å². The van der Waals surface area contributed by atoms with E-state index < -0.39 is 0 Å². The number of thiazole rings is 1. The molecule has 0 aliphatic heterocycles. The number of hydrogen-bond acceptors (Lipinski definition) is 3. The van der Waals surface area contributed by atoms with Crippen LogP contribution in [0.2, 0.25) is 0 Å². The van der Waals surface area contributed by atoms with E-state index in [0.29, 0.717) is 27.1 Å². The monoisotopic (exact) mass is 432 g/mol. The molecule has 148 valence electrons. The van der Waals surface area contributed by atoms with Gasteiger partial charge in [-0.2, -0.15) is 0 Å². The van der Waals surface area contributed by atoms with Crippen LogP contribution in [-0.2, 0) is 6.54 Å². The molecule has 5 aromatic rings. The van der Waals surface area contributed by atoms with Crippen LogP contribution in [0.15, 0.2) is 77.6 Å². The van der Waals surface area contributed by atoms with E-state index in [-0.39, 0.29) is 11.4 Å². The van der Waals surface area contributed by atoms with Gasteiger partial charge in [-0.1, -0.05) is 54.1 Å². The van der Waals surface area contributed by atoms with Gasteiger partial charge in [0.05, 0.1) is 22.3 Å². The van der Waals surface area contributed by atoms with Gasteiger partial charge >= 0.3 is 0 Å². The summed E-state index contributed by atoms with van der Waals surface area (Å²) >= 11 is 7.08. The molecule has 5 rings (SSSR count). The highest BCUT2D eigenvalue weighted by Crippen LogP contribution is 2.33. The number of benzene rings is 3. The summed E-state index contributed by atoms with van der Waals surface area (Å²) in [5.74, 6) is -0.321. The molecular formula is C24H17FN2OS2. The van der Waals surface area contributed by atoms with E-state index in [1.807, 2.05) is 65.9 Å². The topological polar surface area (TPSA) is 26.4 Å². The Morgan fingerprint density at radius 1 is 1.00 bits per heavy atom. The van der Waals surface area contributed by atoms with Gasteiger partial charge in [0.15, 0.2) is 3.95 Å². The van der Waals surface area contributed by atoms with Crippen LogP contribution in [0.3, 0.4) is 0 Å². The molecule has 0 saturated carbocycles. The Balaban J connectivity index is 1.90. The van der Waals surface area contributed by atoms with Gasteiger partial charge in [0.25, 0.3) is 5.56 Å². The van der Waals surface area contributed by atoms with E-state index in [2.05, 4.69) is 0 Å². The Kier molecular flexibility index (Phi) is 4.60. The number of para-hydroxylation sites is 1. The average Bonchev–Trinajstić information content (AvgIpc) is 3.10. The second-order valence-electron chi connectivity index (χ2n) is 7.26. The minimum absolute atomic E-state index is 0.0865. The van der Waals surface area contributed by atoms with Crippen molar-refractivity contribution in [2.75, 3.05) is 0 Å². The van der Waals surface area contributed by atoms with E-state index in [1.165, 1.54) is 23.5 Å². The summed E-state index contributed by atoms with van der Waals surface area (Å²) < 4.78 is 18.3. The Morgan fingerprint density at radius 3 is 2.53 bits per heavy atom. The molecule has 0 fully saturated rings. The Labute approximate surface area is 181 Å². The molecular weight excluding hydrogens is 415 g/mol. The first-order valence-electron chi connectivity index (χ1n) is 9.51. The molecule has 2 aromatic heterocycles. The molecule has 6 heteroatoms. The summed E-state index contributed by atoms with van der Waals surface area (Å²) in [5, 5.41) is 0.608. The molecule has 0 amide bonds. The minimum atomic E-state index is -0.321. The van der Waals surface area contributed by atoms with E-state index in [4.69, 9.17) is 12.2 Å². The van der Waals surface area contributed by atoms with Crippen molar-refractivity contribution in [3.05, 3.63) is 104 Å². The number of halogens is 1. The molecule has 0 aliphatic carbocycles. The largest absolute Gasteiger partial charge is 0.288 e. The molecule has 0 atom stereocenters. The van der Waals surface area contributed by atoms with Gasteiger partial charge in [-0.25, -0.2) is 4.39 Å². The minimum Gasteiger partial charge on any atom is -0.288 e. The molecule has 3 nitrogen and oxygen atoms in total. The van der Waals surface area contributed by atoms with Gasteiger partial charge in [0.1, 0.15) is 11.5 Å². The highest BCUT2D eigenvalue weighted by molar-refractivity contribution is 7.73. The van der Waals surface area contributed by atoms with Crippen molar-refractivity contribution in [2.45, 2.75) is 13.5 Å². The Bertz CT molecular complexity index is 1530. The summed E-state index contributed by atoms with van der Waals surface area (Å²) in [6.45, 7) is 2.44. The first-order chi connectivity index (χ1) is 14.5. The Hall–Kier alpha value is -3.09. The second-order valence-corrected chi connectivity index (χ2v) is 8.90. The SMILES string of the molecule is Cc1ccc(Cn2c(=O)c3ccccc3n3c(=S)sc(-c4cccc(F)c4)c23)cc1. The van der Waals surface area contributed by atoms with Crippen molar-refractivity contribution in [2.24, 2.45) is 0 Å². The van der Waals surface area contributed by atoms with Gasteiger partial charge < -0.3 is 0 Å². The first kappa shape index (κ1) is 18.9. The predicted octanol–water partition coefficient (Wildman–Crippen LogP) is 6.21. The van der Waals surface area contributed by atoms with Crippen molar-refractivity contribution in [1.29, 1.82) is 0 Å². The highest BCUT2D eigenvalue weighted by atomic mass is 32.1. The molecule has 0 bridgehead atoms. The zero-order valence-corrected chi connectivity index (χ0v) is 17.8. The van der Waals surface area contributed by atoms with Crippen LogP contribution < -0.4 is 5.56 Å². The molecule has 0 saturated heterocycles. The molecule has 0 radical (unpaired) electrons. The van der Waals surface area contributed by atoms with E-state index >= 15 is 0 Å². The summed E-state index contributed by atoms with van der Waals surface area (Å²) in [6, 6.07) is 22.0. The number of nitrogens with zero attached hydrogens (tertiary/aromatic N) is 2. The van der Waals surface area contributed by atoms with Gasteiger partial charge in [-0.3, -0.25) is 13.8 Å². The van der Waals surface area contributed by atoms with E-state index in [1.54, 1.807) is 10.6 Å². The van der Waals surface area contributed by atoms with Gasteiger partial charge in [0.2, 0.25) is 0 Å². The molecule has 30 heavy (non-hydrogen) atoms. The van der Waals surface area contributed by atoms with Gasteiger partial charge in [-0.15, -0.1) is 11.3 Å². The smallest absolute Gasteiger partial charge is 0.261 e. The summed E-state index contributed by atoms with van der Waals surface area (Å²) in [6.07, 6.45) is 0. The lowest BCUT2D eigenvalue weighted by atomic mass is 10.1. The van der Waals surface area contributed by atoms with Crippen molar-refractivity contribution in [1.82, 2.24) is 8.97 Å². The number of fused-ring (bicyclic) bond motifs is 3. The molecule has 0 spiro atoms. The average molecular weight is 433 g/mol. The lowest BCUT2D eigenvalue weighted by Gasteiger charge is -2.13. The summed E-state index contributed by atoms with van der Waals surface area (Å²) in [5.41, 5.74) is 4.26. The van der Waals surface area contributed by atoms with Crippen molar-refractivity contribution in [3.8, 4) is 10.4 Å². The normalized spacial score (nSPS) is 11.4. The summed E-state index contributed by atoms with van der Waals surface area (Å²) in [4.78, 5) is 14.3. The van der Waals surface area contributed by atoms with Crippen LogP contribution >= 0.6 is 23.6 Å². The standard InChI is InChI=1S/C24H17FN2OS2/c1-15-9-11-16(12-10-15)14-26-22-21(17-5-4-6-18(25)13-17)30-24(29)27(22)20-8-3-2-7-19(20)23(26)28/h2-13H,14H2,1H3. The zero-order valence-electron chi connectivity index (χ0n) is 16.1. The lowest BCUT2D eigenvalue weighted by molar-refractivity contribution is 0.628. The maximum absolute atomic E-state index is 14.0.